The summed E-state index contributed by atoms with van der Waals surface area (Å²) in [4.78, 5) is 18.7. The van der Waals surface area contributed by atoms with E-state index < -0.39 is 0 Å². The number of hydrogen-bond donors (Lipinski definition) is 1. The SMILES string of the molecule is CCNc1cc(C(=O)N(C)C2CCC(C)CC2)c(Cl)cn1. The molecule has 21 heavy (non-hydrogen) atoms. The first-order chi connectivity index (χ1) is 10.0. The van der Waals surface area contributed by atoms with E-state index in [9.17, 15) is 4.79 Å². The lowest BCUT2D eigenvalue weighted by atomic mass is 9.86. The number of carbonyl (C=O) groups is 1. The highest BCUT2D eigenvalue weighted by atomic mass is 35.5. The van der Waals surface area contributed by atoms with Crippen molar-refractivity contribution in [2.45, 2.75) is 45.6 Å². The van der Waals surface area contributed by atoms with Crippen LogP contribution in [0.25, 0.3) is 0 Å². The second-order valence-electron chi connectivity index (χ2n) is 5.91. The summed E-state index contributed by atoms with van der Waals surface area (Å²) in [6, 6.07) is 2.07. The van der Waals surface area contributed by atoms with Gasteiger partial charge in [-0.05, 0) is 44.6 Å². The van der Waals surface area contributed by atoms with Crippen LogP contribution in [0.2, 0.25) is 5.02 Å². The van der Waals surface area contributed by atoms with Gasteiger partial charge in [0.05, 0.1) is 10.6 Å². The molecule has 0 spiro atoms. The van der Waals surface area contributed by atoms with E-state index in [1.165, 1.54) is 12.8 Å². The van der Waals surface area contributed by atoms with Gasteiger partial charge in [0.25, 0.3) is 5.91 Å². The summed E-state index contributed by atoms with van der Waals surface area (Å²) in [6.07, 6.45) is 6.08. The number of amides is 1. The Morgan fingerprint density at radius 3 is 2.71 bits per heavy atom. The maximum atomic E-state index is 12.7. The summed E-state index contributed by atoms with van der Waals surface area (Å²) in [6.45, 7) is 5.03. The van der Waals surface area contributed by atoms with E-state index in [2.05, 4.69) is 17.2 Å². The van der Waals surface area contributed by atoms with E-state index in [0.29, 0.717) is 22.4 Å². The van der Waals surface area contributed by atoms with Crippen LogP contribution in [0.3, 0.4) is 0 Å². The van der Waals surface area contributed by atoms with Gasteiger partial charge in [0, 0.05) is 25.8 Å². The molecule has 2 rings (SSSR count). The van der Waals surface area contributed by atoms with E-state index in [-0.39, 0.29) is 5.91 Å². The predicted molar refractivity (Wildman–Crippen MR) is 86.9 cm³/mol. The van der Waals surface area contributed by atoms with Crippen LogP contribution in [0.15, 0.2) is 12.3 Å². The van der Waals surface area contributed by atoms with E-state index in [1.54, 1.807) is 12.3 Å². The molecular formula is C16H24ClN3O. The molecular weight excluding hydrogens is 286 g/mol. The number of hydrogen-bond acceptors (Lipinski definition) is 3. The Labute approximate surface area is 131 Å². The van der Waals surface area contributed by atoms with E-state index in [1.807, 2.05) is 18.9 Å². The maximum Gasteiger partial charge on any atom is 0.255 e. The van der Waals surface area contributed by atoms with Gasteiger partial charge in [-0.3, -0.25) is 4.79 Å². The van der Waals surface area contributed by atoms with Gasteiger partial charge in [-0.2, -0.15) is 0 Å². The molecule has 0 unspecified atom stereocenters. The largest absolute Gasteiger partial charge is 0.370 e. The molecule has 4 nitrogen and oxygen atoms in total. The predicted octanol–water partition coefficient (Wildman–Crippen LogP) is 3.82. The normalized spacial score (nSPS) is 21.9. The van der Waals surface area contributed by atoms with Crippen LogP contribution < -0.4 is 5.32 Å². The van der Waals surface area contributed by atoms with Crippen molar-refractivity contribution in [3.8, 4) is 0 Å². The lowest BCUT2D eigenvalue weighted by molar-refractivity contribution is 0.0679. The molecule has 5 heteroatoms. The van der Waals surface area contributed by atoms with Crippen molar-refractivity contribution >= 4 is 23.3 Å². The van der Waals surface area contributed by atoms with Crippen molar-refractivity contribution in [1.29, 1.82) is 0 Å². The highest BCUT2D eigenvalue weighted by Gasteiger charge is 2.26. The molecule has 1 saturated carbocycles. The minimum Gasteiger partial charge on any atom is -0.370 e. The molecule has 1 aromatic rings. The molecule has 0 bridgehead atoms. The molecule has 1 fully saturated rings. The van der Waals surface area contributed by atoms with Gasteiger partial charge < -0.3 is 10.2 Å². The summed E-state index contributed by atoms with van der Waals surface area (Å²) >= 11 is 6.16. The van der Waals surface area contributed by atoms with Crippen molar-refractivity contribution in [2.75, 3.05) is 18.9 Å². The third-order valence-corrected chi connectivity index (χ3v) is 4.60. The fraction of sp³-hybridized carbons (Fsp3) is 0.625. The number of nitrogens with zero attached hydrogens (tertiary/aromatic N) is 2. The van der Waals surface area contributed by atoms with Crippen molar-refractivity contribution in [1.82, 2.24) is 9.88 Å². The van der Waals surface area contributed by atoms with Gasteiger partial charge in [-0.1, -0.05) is 18.5 Å². The number of carbonyl (C=O) groups excluding carboxylic acids is 1. The highest BCUT2D eigenvalue weighted by Crippen LogP contribution is 2.28. The number of halogens is 1. The second-order valence-corrected chi connectivity index (χ2v) is 6.32. The van der Waals surface area contributed by atoms with Crippen LogP contribution in [0.4, 0.5) is 5.82 Å². The fourth-order valence-electron chi connectivity index (χ4n) is 2.87. The topological polar surface area (TPSA) is 45.2 Å². The van der Waals surface area contributed by atoms with Gasteiger partial charge >= 0.3 is 0 Å². The van der Waals surface area contributed by atoms with Crippen molar-refractivity contribution in [2.24, 2.45) is 5.92 Å². The molecule has 1 N–H and O–H groups in total. The Balaban J connectivity index is 2.13. The highest BCUT2D eigenvalue weighted by molar-refractivity contribution is 6.33. The average Bonchev–Trinajstić information content (AvgIpc) is 2.49. The van der Waals surface area contributed by atoms with Gasteiger partial charge in [-0.25, -0.2) is 4.98 Å². The van der Waals surface area contributed by atoms with Gasteiger partial charge in [0.2, 0.25) is 0 Å². The Morgan fingerprint density at radius 1 is 1.43 bits per heavy atom. The summed E-state index contributed by atoms with van der Waals surface area (Å²) in [7, 11) is 1.88. The van der Waals surface area contributed by atoms with Crippen LogP contribution in [0.1, 0.15) is 49.9 Å². The third kappa shape index (κ3) is 3.88. The average molecular weight is 310 g/mol. The van der Waals surface area contributed by atoms with E-state index in [4.69, 9.17) is 11.6 Å². The number of aromatic nitrogens is 1. The number of anilines is 1. The van der Waals surface area contributed by atoms with Crippen molar-refractivity contribution in [3.05, 3.63) is 22.8 Å². The molecule has 0 aromatic carbocycles. The zero-order valence-corrected chi connectivity index (χ0v) is 13.8. The quantitative estimate of drug-likeness (QED) is 0.919. The van der Waals surface area contributed by atoms with Crippen LogP contribution >= 0.6 is 11.6 Å². The molecule has 1 aliphatic rings. The summed E-state index contributed by atoms with van der Waals surface area (Å²) in [5.74, 6) is 1.45. The van der Waals surface area contributed by atoms with Crippen molar-refractivity contribution < 1.29 is 4.79 Å². The number of rotatable bonds is 4. The first-order valence-electron chi connectivity index (χ1n) is 7.69. The third-order valence-electron chi connectivity index (χ3n) is 4.30. The van der Waals surface area contributed by atoms with Gasteiger partial charge in [0.15, 0.2) is 0 Å². The fourth-order valence-corrected chi connectivity index (χ4v) is 3.05. The molecule has 0 saturated heterocycles. The Hall–Kier alpha value is -1.29. The van der Waals surface area contributed by atoms with Crippen LogP contribution in [-0.4, -0.2) is 35.4 Å². The van der Waals surface area contributed by atoms with Gasteiger partial charge in [-0.15, -0.1) is 0 Å². The minimum absolute atomic E-state index is 0.0129. The Morgan fingerprint density at radius 2 is 2.10 bits per heavy atom. The molecule has 0 radical (unpaired) electrons. The molecule has 1 aromatic heterocycles. The van der Waals surface area contributed by atoms with Gasteiger partial charge in [0.1, 0.15) is 5.82 Å². The molecule has 1 aliphatic carbocycles. The summed E-state index contributed by atoms with van der Waals surface area (Å²) in [5.41, 5.74) is 0.531. The first-order valence-corrected chi connectivity index (χ1v) is 8.07. The second kappa shape index (κ2) is 7.12. The lowest BCUT2D eigenvalue weighted by Crippen LogP contribution is -2.39. The van der Waals surface area contributed by atoms with Crippen LogP contribution in [0, 0.1) is 5.92 Å². The maximum absolute atomic E-state index is 12.7. The van der Waals surface area contributed by atoms with Crippen LogP contribution in [0.5, 0.6) is 0 Å². The molecule has 1 amide bonds. The first kappa shape index (κ1) is 16.1. The van der Waals surface area contributed by atoms with E-state index >= 15 is 0 Å². The Kier molecular flexibility index (Phi) is 5.45. The molecule has 1 heterocycles. The summed E-state index contributed by atoms with van der Waals surface area (Å²) < 4.78 is 0. The Bertz CT molecular complexity index is 498. The molecule has 0 atom stereocenters. The molecule has 0 aliphatic heterocycles. The summed E-state index contributed by atoms with van der Waals surface area (Å²) in [5, 5.41) is 3.53. The van der Waals surface area contributed by atoms with Crippen molar-refractivity contribution in [3.63, 3.8) is 0 Å². The standard InChI is InChI=1S/C16H24ClN3O/c1-4-18-15-9-13(14(17)10-19-15)16(21)20(3)12-7-5-11(2)6-8-12/h9-12H,4-8H2,1-3H3,(H,18,19). The minimum atomic E-state index is -0.0129. The zero-order chi connectivity index (χ0) is 15.4. The van der Waals surface area contributed by atoms with Crippen LogP contribution in [-0.2, 0) is 0 Å². The zero-order valence-electron chi connectivity index (χ0n) is 13.0. The monoisotopic (exact) mass is 309 g/mol. The smallest absolute Gasteiger partial charge is 0.255 e. The number of pyridine rings is 1. The number of nitrogens with one attached hydrogen (secondary N) is 1. The lowest BCUT2D eigenvalue weighted by Gasteiger charge is -2.33. The van der Waals surface area contributed by atoms with E-state index in [0.717, 1.165) is 25.3 Å². The molecule has 116 valence electrons.